The van der Waals surface area contributed by atoms with E-state index >= 15 is 0 Å². The van der Waals surface area contributed by atoms with Crippen LogP contribution < -0.4 is 5.73 Å². The maximum atomic E-state index is 8.67. The van der Waals surface area contributed by atoms with Gasteiger partial charge in [0, 0.05) is 18.1 Å². The number of nitriles is 1. The molecule has 30 heavy (non-hydrogen) atoms. The van der Waals surface area contributed by atoms with E-state index in [1.807, 2.05) is 0 Å². The summed E-state index contributed by atoms with van der Waals surface area (Å²) in [6.45, 7) is 22.5. The first-order valence-electron chi connectivity index (χ1n) is 11.2. The van der Waals surface area contributed by atoms with Crippen molar-refractivity contribution in [3.63, 3.8) is 0 Å². The molecule has 0 aromatic rings. The Kier molecular flexibility index (Phi) is 8.80. The monoisotopic (exact) mass is 455 g/mol. The van der Waals surface area contributed by atoms with E-state index in [1.54, 1.807) is 0 Å². The van der Waals surface area contributed by atoms with Crippen molar-refractivity contribution in [2.45, 2.75) is 116 Å². The van der Waals surface area contributed by atoms with Crippen LogP contribution in [0.5, 0.6) is 0 Å². The molecule has 2 aliphatic rings. The number of nitrogens with zero attached hydrogens (tertiary/aromatic N) is 2. The third-order valence-electron chi connectivity index (χ3n) is 7.44. The molecule has 3 N–H and O–H groups in total. The quantitative estimate of drug-likeness (QED) is 0.178. The highest BCUT2D eigenvalue weighted by molar-refractivity contribution is 6.74. The third kappa shape index (κ3) is 7.08. The average molecular weight is 456 g/mol. The Hall–Kier alpha value is -0.886. The van der Waals surface area contributed by atoms with Crippen molar-refractivity contribution in [1.29, 1.82) is 5.26 Å². The summed E-state index contributed by atoms with van der Waals surface area (Å²) in [7, 11) is -3.24. The Bertz CT molecular complexity index is 633. The summed E-state index contributed by atoms with van der Waals surface area (Å²) in [6.07, 6.45) is 4.34. The number of hydrogen-bond donors (Lipinski definition) is 2. The fourth-order valence-corrected chi connectivity index (χ4v) is 5.70. The van der Waals surface area contributed by atoms with Crippen LogP contribution >= 0.6 is 0 Å². The summed E-state index contributed by atoms with van der Waals surface area (Å²) in [4.78, 5) is 0. The van der Waals surface area contributed by atoms with Crippen LogP contribution in [0.1, 0.15) is 67.2 Å². The van der Waals surface area contributed by atoms with Crippen molar-refractivity contribution in [2.24, 2.45) is 22.7 Å². The molecule has 0 aliphatic heterocycles. The number of rotatable bonds is 5. The molecule has 0 aromatic heterocycles. The molecule has 0 aromatic carbocycles. The van der Waals surface area contributed by atoms with Crippen LogP contribution in [-0.2, 0) is 8.85 Å². The van der Waals surface area contributed by atoms with Crippen LogP contribution in [0.4, 0.5) is 0 Å². The van der Waals surface area contributed by atoms with Gasteiger partial charge in [-0.15, -0.1) is 0 Å². The summed E-state index contributed by atoms with van der Waals surface area (Å²) in [6, 6.07) is 2.29. The van der Waals surface area contributed by atoms with E-state index < -0.39 is 16.6 Å². The molecule has 0 unspecified atom stereocenters. The molecular weight excluding hydrogens is 410 g/mol. The standard InChI is InChI=1S/C11H24N2O2Si.C11H21NOSi/c1-11(2,3)16(4,5)15-9-6-8(7-9)10(12)13-14;1-11(2,3)14(4,5)13-10-6-9(7-10)8-12/h8-9,14H,6-7H2,1-5H3,(H2,12,13);9-10H,6-7H2,1-5H3. The fourth-order valence-electron chi connectivity index (χ4n) is 2.94. The Morgan fingerprint density at radius 3 is 1.57 bits per heavy atom. The van der Waals surface area contributed by atoms with Crippen LogP contribution in [0.25, 0.3) is 0 Å². The van der Waals surface area contributed by atoms with Crippen molar-refractivity contribution in [3.05, 3.63) is 0 Å². The zero-order valence-corrected chi connectivity index (χ0v) is 22.9. The van der Waals surface area contributed by atoms with Crippen LogP contribution in [0.15, 0.2) is 5.16 Å². The van der Waals surface area contributed by atoms with Crippen LogP contribution in [0.3, 0.4) is 0 Å². The van der Waals surface area contributed by atoms with Crippen molar-refractivity contribution in [3.8, 4) is 6.07 Å². The van der Waals surface area contributed by atoms with Crippen LogP contribution in [0.2, 0.25) is 36.3 Å². The molecule has 0 saturated heterocycles. The van der Waals surface area contributed by atoms with Crippen molar-refractivity contribution in [1.82, 2.24) is 0 Å². The summed E-state index contributed by atoms with van der Waals surface area (Å²) < 4.78 is 12.4. The molecule has 8 heteroatoms. The van der Waals surface area contributed by atoms with Gasteiger partial charge < -0.3 is 19.8 Å². The predicted octanol–water partition coefficient (Wildman–Crippen LogP) is 5.84. The van der Waals surface area contributed by atoms with E-state index in [1.165, 1.54) is 0 Å². The highest BCUT2D eigenvalue weighted by atomic mass is 28.4. The molecule has 0 amide bonds. The molecule has 0 spiro atoms. The second kappa shape index (κ2) is 9.72. The normalized spacial score (nSPS) is 27.8. The van der Waals surface area contributed by atoms with Crippen molar-refractivity contribution < 1.29 is 14.1 Å². The fraction of sp³-hybridized carbons (Fsp3) is 0.909. The maximum absolute atomic E-state index is 8.67. The van der Waals surface area contributed by atoms with Gasteiger partial charge in [0.2, 0.25) is 0 Å². The first kappa shape index (κ1) is 27.1. The molecule has 2 fully saturated rings. The molecule has 6 nitrogen and oxygen atoms in total. The maximum Gasteiger partial charge on any atom is 0.192 e. The second-order valence-electron chi connectivity index (χ2n) is 12.0. The smallest absolute Gasteiger partial charge is 0.192 e. The van der Waals surface area contributed by atoms with Gasteiger partial charge in [0.1, 0.15) is 5.84 Å². The van der Waals surface area contributed by atoms with Gasteiger partial charge in [-0.2, -0.15) is 5.26 Å². The van der Waals surface area contributed by atoms with E-state index in [2.05, 4.69) is 79.0 Å². The van der Waals surface area contributed by atoms with E-state index in [0.29, 0.717) is 18.0 Å². The first-order valence-corrected chi connectivity index (χ1v) is 17.0. The molecule has 0 heterocycles. The second-order valence-corrected chi connectivity index (χ2v) is 21.5. The summed E-state index contributed by atoms with van der Waals surface area (Å²) in [5.41, 5.74) is 5.55. The predicted molar refractivity (Wildman–Crippen MR) is 129 cm³/mol. The van der Waals surface area contributed by atoms with Gasteiger partial charge in [-0.3, -0.25) is 0 Å². The lowest BCUT2D eigenvalue weighted by molar-refractivity contribution is 0.0754. The molecule has 0 radical (unpaired) electrons. The molecule has 174 valence electrons. The molecule has 2 aliphatic carbocycles. The zero-order valence-electron chi connectivity index (χ0n) is 20.9. The van der Waals surface area contributed by atoms with E-state index in [4.69, 9.17) is 25.1 Å². The van der Waals surface area contributed by atoms with Gasteiger partial charge in [-0.05, 0) is 61.9 Å². The minimum Gasteiger partial charge on any atom is -0.414 e. The largest absolute Gasteiger partial charge is 0.414 e. The summed E-state index contributed by atoms with van der Waals surface area (Å²) in [5.74, 6) is 0.805. The molecule has 0 bridgehead atoms. The molecular formula is C22H45N3O3Si2. The van der Waals surface area contributed by atoms with Gasteiger partial charge in [-0.25, -0.2) is 0 Å². The molecule has 0 atom stereocenters. The minimum absolute atomic E-state index is 0.208. The van der Waals surface area contributed by atoms with Gasteiger partial charge in [0.05, 0.1) is 12.0 Å². The Labute approximate surface area is 186 Å². The van der Waals surface area contributed by atoms with Gasteiger partial charge in [-0.1, -0.05) is 46.7 Å². The Balaban J connectivity index is 0.000000303. The zero-order chi connectivity index (χ0) is 23.5. The molecule has 2 rings (SSSR count). The third-order valence-corrected chi connectivity index (χ3v) is 16.5. The van der Waals surface area contributed by atoms with Gasteiger partial charge in [0.15, 0.2) is 16.6 Å². The van der Waals surface area contributed by atoms with Crippen molar-refractivity contribution in [2.75, 3.05) is 0 Å². The van der Waals surface area contributed by atoms with Crippen molar-refractivity contribution >= 4 is 22.5 Å². The van der Waals surface area contributed by atoms with E-state index in [9.17, 15) is 0 Å². The molecule has 2 saturated carbocycles. The topological polar surface area (TPSA) is 101 Å². The van der Waals surface area contributed by atoms with Gasteiger partial charge >= 0.3 is 0 Å². The van der Waals surface area contributed by atoms with E-state index in [0.717, 1.165) is 25.7 Å². The number of oxime groups is 1. The van der Waals surface area contributed by atoms with Gasteiger partial charge in [0.25, 0.3) is 0 Å². The Morgan fingerprint density at radius 2 is 1.27 bits per heavy atom. The SMILES string of the molecule is CC(C)(C)[Si](C)(C)OC1CC(/C(N)=N/O)C1.CC(C)(C)[Si](C)(C)OC1CC(C#N)C1. The van der Waals surface area contributed by atoms with Crippen LogP contribution in [0, 0.1) is 23.2 Å². The first-order chi connectivity index (χ1) is 13.4. The number of nitrogens with two attached hydrogens (primary N) is 1. The number of hydrogen-bond acceptors (Lipinski definition) is 5. The lowest BCUT2D eigenvalue weighted by Crippen LogP contribution is -2.49. The Morgan fingerprint density at radius 1 is 0.900 bits per heavy atom. The highest BCUT2D eigenvalue weighted by Gasteiger charge is 2.43. The highest BCUT2D eigenvalue weighted by Crippen LogP contribution is 2.42. The lowest BCUT2D eigenvalue weighted by Gasteiger charge is -2.44. The van der Waals surface area contributed by atoms with Crippen LogP contribution in [-0.4, -0.2) is 39.9 Å². The number of amidine groups is 1. The average Bonchev–Trinajstić information content (AvgIpc) is 2.51. The van der Waals surface area contributed by atoms with E-state index in [-0.39, 0.29) is 21.9 Å². The summed E-state index contributed by atoms with van der Waals surface area (Å²) in [5, 5.41) is 20.8. The lowest BCUT2D eigenvalue weighted by atomic mass is 9.82. The summed E-state index contributed by atoms with van der Waals surface area (Å²) >= 11 is 0. The minimum atomic E-state index is -1.66.